The number of nitrogens with zero attached hydrogens (tertiary/aromatic N) is 3. The summed E-state index contributed by atoms with van der Waals surface area (Å²) in [5.74, 6) is 1.10. The number of para-hydroxylation sites is 2. The molecule has 0 radical (unpaired) electrons. The number of imidazole rings is 1. The highest BCUT2D eigenvalue weighted by Gasteiger charge is 2.13. The van der Waals surface area contributed by atoms with Gasteiger partial charge >= 0.3 is 0 Å². The van der Waals surface area contributed by atoms with Gasteiger partial charge in [0.25, 0.3) is 0 Å². The van der Waals surface area contributed by atoms with E-state index >= 15 is 0 Å². The lowest BCUT2D eigenvalue weighted by atomic mass is 10.2. The molecule has 1 aromatic carbocycles. The molecular weight excluding hydrogens is 304 g/mol. The van der Waals surface area contributed by atoms with Crippen LogP contribution in [0.15, 0.2) is 29.6 Å². The standard InChI is InChI=1S/C18H24N4S/c1-13-12-23-17(20-13)10-6-7-11-19-14(2)18-21-15-8-4-5-9-16(15)22(18)3/h4-5,8-9,12,14,19H,6-7,10-11H2,1-3H3. The second-order valence-electron chi connectivity index (χ2n) is 6.03. The van der Waals surface area contributed by atoms with Crippen molar-refractivity contribution in [3.63, 3.8) is 0 Å². The van der Waals surface area contributed by atoms with E-state index in [1.807, 2.05) is 6.07 Å². The molecule has 1 atom stereocenters. The van der Waals surface area contributed by atoms with E-state index in [2.05, 4.69) is 59.3 Å². The molecule has 0 aliphatic heterocycles. The average molecular weight is 328 g/mol. The molecule has 0 fully saturated rings. The molecule has 0 bridgehead atoms. The quantitative estimate of drug-likeness (QED) is 0.666. The number of thiazole rings is 1. The molecule has 0 spiro atoms. The zero-order valence-electron chi connectivity index (χ0n) is 14.0. The number of aryl methyl sites for hydroxylation is 3. The maximum absolute atomic E-state index is 4.75. The molecule has 0 aliphatic rings. The first-order chi connectivity index (χ1) is 11.1. The maximum Gasteiger partial charge on any atom is 0.126 e. The monoisotopic (exact) mass is 328 g/mol. The zero-order valence-corrected chi connectivity index (χ0v) is 14.9. The van der Waals surface area contributed by atoms with Crippen molar-refractivity contribution in [2.24, 2.45) is 7.05 Å². The molecule has 1 unspecified atom stereocenters. The Morgan fingerprint density at radius 2 is 2.04 bits per heavy atom. The summed E-state index contributed by atoms with van der Waals surface area (Å²) >= 11 is 1.77. The van der Waals surface area contributed by atoms with Crippen LogP contribution in [0.3, 0.4) is 0 Å². The second-order valence-corrected chi connectivity index (χ2v) is 6.98. The summed E-state index contributed by atoms with van der Waals surface area (Å²) in [6.45, 7) is 5.25. The highest BCUT2D eigenvalue weighted by molar-refractivity contribution is 7.09. The number of rotatable bonds is 7. The molecule has 3 rings (SSSR count). The molecule has 23 heavy (non-hydrogen) atoms. The van der Waals surface area contributed by atoms with Crippen molar-refractivity contribution in [1.29, 1.82) is 0 Å². The number of benzene rings is 1. The number of hydrogen-bond donors (Lipinski definition) is 1. The summed E-state index contributed by atoms with van der Waals surface area (Å²) in [7, 11) is 2.09. The topological polar surface area (TPSA) is 42.7 Å². The van der Waals surface area contributed by atoms with Crippen LogP contribution in [-0.4, -0.2) is 21.1 Å². The van der Waals surface area contributed by atoms with Crippen molar-refractivity contribution in [3.8, 4) is 0 Å². The molecule has 0 aliphatic carbocycles. The van der Waals surface area contributed by atoms with Gasteiger partial charge in [-0.3, -0.25) is 0 Å². The summed E-state index contributed by atoms with van der Waals surface area (Å²) in [6, 6.07) is 8.55. The Balaban J connectivity index is 1.48. The first-order valence-corrected chi connectivity index (χ1v) is 9.09. The van der Waals surface area contributed by atoms with Gasteiger partial charge in [0, 0.05) is 18.1 Å². The van der Waals surface area contributed by atoms with Crippen LogP contribution in [0, 0.1) is 6.92 Å². The Hall–Kier alpha value is -1.72. The van der Waals surface area contributed by atoms with Crippen LogP contribution < -0.4 is 5.32 Å². The summed E-state index contributed by atoms with van der Waals surface area (Å²) in [5.41, 5.74) is 3.40. The average Bonchev–Trinajstić information content (AvgIpc) is 3.11. The molecule has 5 heteroatoms. The molecule has 0 saturated carbocycles. The summed E-state index contributed by atoms with van der Waals surface area (Å²) in [6.07, 6.45) is 3.42. The van der Waals surface area contributed by atoms with Gasteiger partial charge in [0.2, 0.25) is 0 Å². The van der Waals surface area contributed by atoms with E-state index in [0.29, 0.717) is 0 Å². The fourth-order valence-corrected chi connectivity index (χ4v) is 3.70. The molecule has 3 aromatic rings. The van der Waals surface area contributed by atoms with Gasteiger partial charge in [0.1, 0.15) is 5.82 Å². The third-order valence-electron chi connectivity index (χ3n) is 4.14. The molecule has 2 aromatic heterocycles. The molecule has 2 heterocycles. The van der Waals surface area contributed by atoms with Gasteiger partial charge in [0.05, 0.1) is 22.1 Å². The lowest BCUT2D eigenvalue weighted by Gasteiger charge is -2.13. The zero-order chi connectivity index (χ0) is 16.2. The Morgan fingerprint density at radius 3 is 2.78 bits per heavy atom. The minimum atomic E-state index is 0.259. The van der Waals surface area contributed by atoms with Crippen molar-refractivity contribution in [2.75, 3.05) is 6.54 Å². The lowest BCUT2D eigenvalue weighted by molar-refractivity contribution is 0.515. The van der Waals surface area contributed by atoms with Gasteiger partial charge in [-0.15, -0.1) is 11.3 Å². The van der Waals surface area contributed by atoms with Gasteiger partial charge in [-0.25, -0.2) is 9.97 Å². The summed E-state index contributed by atoms with van der Waals surface area (Å²) < 4.78 is 2.19. The van der Waals surface area contributed by atoms with Crippen LogP contribution in [0.2, 0.25) is 0 Å². The first-order valence-electron chi connectivity index (χ1n) is 8.21. The molecular formula is C18H24N4S. The van der Waals surface area contributed by atoms with Crippen molar-refractivity contribution >= 4 is 22.4 Å². The van der Waals surface area contributed by atoms with Crippen molar-refractivity contribution in [3.05, 3.63) is 46.2 Å². The number of nitrogens with one attached hydrogen (secondary N) is 1. The van der Waals surface area contributed by atoms with Crippen molar-refractivity contribution in [1.82, 2.24) is 19.9 Å². The van der Waals surface area contributed by atoms with Gasteiger partial charge in [-0.1, -0.05) is 12.1 Å². The number of unbranched alkanes of at least 4 members (excludes halogenated alkanes) is 1. The summed E-state index contributed by atoms with van der Waals surface area (Å²) in [4.78, 5) is 9.27. The van der Waals surface area contributed by atoms with E-state index in [0.717, 1.165) is 36.4 Å². The fourth-order valence-electron chi connectivity index (χ4n) is 2.88. The maximum atomic E-state index is 4.75. The third kappa shape index (κ3) is 3.79. The van der Waals surface area contributed by atoms with Crippen LogP contribution in [0.4, 0.5) is 0 Å². The smallest absolute Gasteiger partial charge is 0.126 e. The van der Waals surface area contributed by atoms with Crippen molar-refractivity contribution < 1.29 is 0 Å². The van der Waals surface area contributed by atoms with Crippen LogP contribution >= 0.6 is 11.3 Å². The number of hydrogen-bond acceptors (Lipinski definition) is 4. The van der Waals surface area contributed by atoms with E-state index in [1.54, 1.807) is 11.3 Å². The van der Waals surface area contributed by atoms with Crippen molar-refractivity contribution in [2.45, 2.75) is 39.2 Å². The Bertz CT molecular complexity index is 774. The minimum Gasteiger partial charge on any atom is -0.330 e. The first kappa shape index (κ1) is 16.1. The van der Waals surface area contributed by atoms with Crippen LogP contribution in [0.5, 0.6) is 0 Å². The summed E-state index contributed by atoms with van der Waals surface area (Å²) in [5, 5.41) is 6.97. The lowest BCUT2D eigenvalue weighted by Crippen LogP contribution is -2.22. The normalized spacial score (nSPS) is 12.8. The predicted molar refractivity (Wildman–Crippen MR) is 96.9 cm³/mol. The highest BCUT2D eigenvalue weighted by Crippen LogP contribution is 2.19. The number of fused-ring (bicyclic) bond motifs is 1. The molecule has 0 saturated heterocycles. The van der Waals surface area contributed by atoms with Gasteiger partial charge in [0.15, 0.2) is 0 Å². The van der Waals surface area contributed by atoms with Crippen LogP contribution in [-0.2, 0) is 13.5 Å². The Labute approximate surface area is 141 Å². The second kappa shape index (κ2) is 7.23. The molecule has 1 N–H and O–H groups in total. The highest BCUT2D eigenvalue weighted by atomic mass is 32.1. The van der Waals surface area contributed by atoms with Crippen LogP contribution in [0.1, 0.15) is 42.3 Å². The fraction of sp³-hybridized carbons (Fsp3) is 0.444. The predicted octanol–water partition coefficient (Wildman–Crippen LogP) is 4.01. The Kier molecular flexibility index (Phi) is 5.08. The van der Waals surface area contributed by atoms with E-state index in [1.165, 1.54) is 16.9 Å². The molecule has 0 amide bonds. The minimum absolute atomic E-state index is 0.259. The SMILES string of the molecule is Cc1csc(CCCCNC(C)c2nc3ccccc3n2C)n1. The molecule has 122 valence electrons. The van der Waals surface area contributed by atoms with Gasteiger partial charge in [-0.2, -0.15) is 0 Å². The number of aromatic nitrogens is 3. The van der Waals surface area contributed by atoms with Gasteiger partial charge in [-0.05, 0) is 51.8 Å². The van der Waals surface area contributed by atoms with Gasteiger partial charge < -0.3 is 9.88 Å². The largest absolute Gasteiger partial charge is 0.330 e. The van der Waals surface area contributed by atoms with Crippen LogP contribution in [0.25, 0.3) is 11.0 Å². The van der Waals surface area contributed by atoms with E-state index < -0.39 is 0 Å². The van der Waals surface area contributed by atoms with E-state index in [-0.39, 0.29) is 6.04 Å². The molecule has 4 nitrogen and oxygen atoms in total. The van der Waals surface area contributed by atoms with E-state index in [4.69, 9.17) is 4.98 Å². The Morgan fingerprint density at radius 1 is 1.22 bits per heavy atom. The van der Waals surface area contributed by atoms with E-state index in [9.17, 15) is 0 Å². The third-order valence-corrected chi connectivity index (χ3v) is 5.17.